The molecule has 2 N–H and O–H groups in total. The van der Waals surface area contributed by atoms with E-state index in [-0.39, 0.29) is 30.0 Å². The molecule has 0 aromatic heterocycles. The highest BCUT2D eigenvalue weighted by atomic mass is 32.2. The molecule has 0 aromatic rings. The van der Waals surface area contributed by atoms with Crippen LogP contribution >= 0.6 is 0 Å². The van der Waals surface area contributed by atoms with Gasteiger partial charge in [0.15, 0.2) is 9.84 Å². The molecule has 0 bridgehead atoms. The fourth-order valence-electron chi connectivity index (χ4n) is 2.05. The molecule has 0 saturated carbocycles. The van der Waals surface area contributed by atoms with E-state index in [1.165, 1.54) is 14.0 Å². The van der Waals surface area contributed by atoms with Crippen molar-refractivity contribution in [3.05, 3.63) is 0 Å². The average Bonchev–Trinajstić information content (AvgIpc) is 2.32. The highest BCUT2D eigenvalue weighted by Crippen LogP contribution is 2.11. The third-order valence-electron chi connectivity index (χ3n) is 2.94. The van der Waals surface area contributed by atoms with Crippen LogP contribution in [0.3, 0.4) is 0 Å². The van der Waals surface area contributed by atoms with Crippen molar-refractivity contribution in [3.63, 3.8) is 0 Å². The van der Waals surface area contributed by atoms with Crippen molar-refractivity contribution < 1.29 is 22.7 Å². The van der Waals surface area contributed by atoms with Gasteiger partial charge in [0.1, 0.15) is 6.04 Å². The van der Waals surface area contributed by atoms with Crippen LogP contribution in [-0.2, 0) is 24.2 Å². The van der Waals surface area contributed by atoms with Crippen molar-refractivity contribution in [2.45, 2.75) is 31.8 Å². The topological polar surface area (TPSA) is 102 Å². The Balaban J connectivity index is 2.51. The smallest absolute Gasteiger partial charge is 0.329 e. The molecule has 7 nitrogen and oxygen atoms in total. The van der Waals surface area contributed by atoms with Crippen LogP contribution < -0.4 is 10.6 Å². The van der Waals surface area contributed by atoms with Crippen LogP contribution in [0.4, 0.5) is 0 Å². The average molecular weight is 292 g/mol. The van der Waals surface area contributed by atoms with Gasteiger partial charge >= 0.3 is 5.97 Å². The summed E-state index contributed by atoms with van der Waals surface area (Å²) >= 11 is 0. The Labute approximate surface area is 113 Å². The van der Waals surface area contributed by atoms with Gasteiger partial charge in [-0.15, -0.1) is 0 Å². The molecule has 1 heterocycles. The van der Waals surface area contributed by atoms with E-state index in [2.05, 4.69) is 15.4 Å². The number of nitrogens with one attached hydrogen (secondary N) is 2. The molecule has 1 aliphatic heterocycles. The Hall–Kier alpha value is -1.15. The summed E-state index contributed by atoms with van der Waals surface area (Å²) in [5, 5.41) is 5.47. The molecule has 0 spiro atoms. The Bertz CT molecular complexity index is 434. The first-order chi connectivity index (χ1) is 8.84. The quantitative estimate of drug-likeness (QED) is 0.619. The van der Waals surface area contributed by atoms with Crippen LogP contribution in [0.5, 0.6) is 0 Å². The summed E-state index contributed by atoms with van der Waals surface area (Å²) in [6, 6.07) is -0.980. The molecule has 19 heavy (non-hydrogen) atoms. The van der Waals surface area contributed by atoms with E-state index in [9.17, 15) is 18.0 Å². The number of ether oxygens (including phenoxy) is 1. The number of methoxy groups -OCH3 is 1. The second kappa shape index (κ2) is 6.85. The summed E-state index contributed by atoms with van der Waals surface area (Å²) in [6.45, 7) is 1.47. The zero-order valence-corrected chi connectivity index (χ0v) is 12.0. The first kappa shape index (κ1) is 15.9. The normalized spacial score (nSPS) is 23.4. The maximum atomic E-state index is 11.5. The lowest BCUT2D eigenvalue weighted by atomic mass is 10.1. The van der Waals surface area contributed by atoms with E-state index in [0.717, 1.165) is 6.42 Å². The molecule has 0 radical (unpaired) electrons. The second-order valence-corrected chi connectivity index (χ2v) is 6.87. The van der Waals surface area contributed by atoms with Gasteiger partial charge in [0, 0.05) is 19.5 Å². The predicted molar refractivity (Wildman–Crippen MR) is 69.3 cm³/mol. The van der Waals surface area contributed by atoms with Crippen LogP contribution in [0.25, 0.3) is 0 Å². The number of amides is 1. The summed E-state index contributed by atoms with van der Waals surface area (Å²) < 4.78 is 27.5. The van der Waals surface area contributed by atoms with E-state index in [4.69, 9.17) is 0 Å². The zero-order chi connectivity index (χ0) is 14.5. The third kappa shape index (κ3) is 5.56. The minimum absolute atomic E-state index is 0.0704. The van der Waals surface area contributed by atoms with Crippen LogP contribution in [-0.4, -0.2) is 57.5 Å². The SMILES string of the molecule is COC(=O)C(CNC1CCCS(=O)(=O)C1)NC(C)=O. The fourth-order valence-corrected chi connectivity index (χ4v) is 3.72. The van der Waals surface area contributed by atoms with Crippen molar-refractivity contribution in [3.8, 4) is 0 Å². The maximum absolute atomic E-state index is 11.5. The number of carbonyl (C=O) groups is 2. The Morgan fingerprint density at radius 2 is 2.11 bits per heavy atom. The monoisotopic (exact) mass is 292 g/mol. The van der Waals surface area contributed by atoms with Gasteiger partial charge in [0.2, 0.25) is 5.91 Å². The van der Waals surface area contributed by atoms with Gasteiger partial charge in [-0.3, -0.25) is 4.79 Å². The second-order valence-electron chi connectivity index (χ2n) is 4.64. The van der Waals surface area contributed by atoms with Crippen LogP contribution in [0.2, 0.25) is 0 Å². The minimum Gasteiger partial charge on any atom is -0.467 e. The van der Waals surface area contributed by atoms with Gasteiger partial charge in [-0.1, -0.05) is 0 Å². The Kier molecular flexibility index (Phi) is 5.74. The summed E-state index contributed by atoms with van der Waals surface area (Å²) in [4.78, 5) is 22.4. The van der Waals surface area contributed by atoms with Crippen molar-refractivity contribution in [2.75, 3.05) is 25.2 Å². The molecule has 0 aromatic carbocycles. The van der Waals surface area contributed by atoms with E-state index in [1.807, 2.05) is 0 Å². The molecule has 2 unspecified atom stereocenters. The molecule has 1 rings (SSSR count). The number of rotatable bonds is 5. The van der Waals surface area contributed by atoms with Gasteiger partial charge in [-0.05, 0) is 12.8 Å². The van der Waals surface area contributed by atoms with E-state index in [1.54, 1.807) is 0 Å². The van der Waals surface area contributed by atoms with Gasteiger partial charge in [-0.2, -0.15) is 0 Å². The summed E-state index contributed by atoms with van der Waals surface area (Å²) in [7, 11) is -1.76. The van der Waals surface area contributed by atoms with Crippen LogP contribution in [0.15, 0.2) is 0 Å². The van der Waals surface area contributed by atoms with Crippen molar-refractivity contribution in [1.82, 2.24) is 10.6 Å². The number of esters is 1. The standard InChI is InChI=1S/C11H20N2O5S/c1-8(14)13-10(11(15)18-2)6-12-9-4-3-5-19(16,17)7-9/h9-10,12H,3-7H2,1-2H3,(H,13,14). The van der Waals surface area contributed by atoms with Gasteiger partial charge < -0.3 is 15.4 Å². The molecule has 0 aliphatic carbocycles. The Morgan fingerprint density at radius 1 is 1.42 bits per heavy atom. The lowest BCUT2D eigenvalue weighted by Crippen LogP contribution is -2.51. The fraction of sp³-hybridized carbons (Fsp3) is 0.818. The highest BCUT2D eigenvalue weighted by Gasteiger charge is 2.27. The van der Waals surface area contributed by atoms with Crippen molar-refractivity contribution >= 4 is 21.7 Å². The summed E-state index contributed by atoms with van der Waals surface area (Å²) in [6.07, 6.45) is 1.36. The van der Waals surface area contributed by atoms with Crippen LogP contribution in [0.1, 0.15) is 19.8 Å². The minimum atomic E-state index is -2.99. The maximum Gasteiger partial charge on any atom is 0.329 e. The molecule has 2 atom stereocenters. The molecule has 1 aliphatic rings. The van der Waals surface area contributed by atoms with E-state index in [0.29, 0.717) is 6.42 Å². The van der Waals surface area contributed by atoms with Crippen molar-refractivity contribution in [1.29, 1.82) is 0 Å². The third-order valence-corrected chi connectivity index (χ3v) is 4.76. The zero-order valence-electron chi connectivity index (χ0n) is 11.1. The first-order valence-electron chi connectivity index (χ1n) is 6.13. The molecular formula is C11H20N2O5S. The number of hydrogen-bond donors (Lipinski definition) is 2. The predicted octanol–water partition coefficient (Wildman–Crippen LogP) is -1.17. The van der Waals surface area contributed by atoms with Gasteiger partial charge in [0.05, 0.1) is 18.6 Å². The number of carbonyl (C=O) groups excluding carboxylic acids is 2. The first-order valence-corrected chi connectivity index (χ1v) is 7.95. The molecular weight excluding hydrogens is 272 g/mol. The highest BCUT2D eigenvalue weighted by molar-refractivity contribution is 7.91. The van der Waals surface area contributed by atoms with E-state index < -0.39 is 21.8 Å². The number of hydrogen-bond acceptors (Lipinski definition) is 6. The summed E-state index contributed by atoms with van der Waals surface area (Å²) in [5.41, 5.74) is 0. The van der Waals surface area contributed by atoms with Crippen molar-refractivity contribution in [2.24, 2.45) is 0 Å². The molecule has 8 heteroatoms. The van der Waals surface area contributed by atoms with Gasteiger partial charge in [-0.25, -0.2) is 13.2 Å². The largest absolute Gasteiger partial charge is 0.467 e. The molecule has 1 saturated heterocycles. The lowest BCUT2D eigenvalue weighted by molar-refractivity contribution is -0.144. The molecule has 110 valence electrons. The number of sulfone groups is 1. The molecule has 1 fully saturated rings. The molecule has 1 amide bonds. The van der Waals surface area contributed by atoms with Crippen LogP contribution in [0, 0.1) is 0 Å². The van der Waals surface area contributed by atoms with E-state index >= 15 is 0 Å². The summed E-state index contributed by atoms with van der Waals surface area (Å²) in [5.74, 6) is -0.604. The van der Waals surface area contributed by atoms with Gasteiger partial charge in [0.25, 0.3) is 0 Å². The lowest BCUT2D eigenvalue weighted by Gasteiger charge is -2.25. The Morgan fingerprint density at radius 3 is 2.63 bits per heavy atom.